The third-order valence-electron chi connectivity index (χ3n) is 5.32. The van der Waals surface area contributed by atoms with Crippen LogP contribution in [0.1, 0.15) is 39.5 Å². The number of allylic oxidation sites excluding steroid dienone is 1. The molecule has 0 aromatic carbocycles. The molecule has 4 rings (SSSR count). The van der Waals surface area contributed by atoms with Crippen LogP contribution in [-0.2, 0) is 23.8 Å². The molecule has 1 fully saturated rings. The lowest BCUT2D eigenvalue weighted by Crippen LogP contribution is -2.19. The number of rotatable bonds is 2. The van der Waals surface area contributed by atoms with Crippen LogP contribution in [-0.4, -0.2) is 24.3 Å². The van der Waals surface area contributed by atoms with Crippen molar-refractivity contribution in [2.45, 2.75) is 51.9 Å². The summed E-state index contributed by atoms with van der Waals surface area (Å²) >= 11 is 0. The second-order valence-electron chi connectivity index (χ2n) is 6.82. The quantitative estimate of drug-likeness (QED) is 0.339. The molecule has 5 heteroatoms. The Kier molecular flexibility index (Phi) is 3.32. The molecule has 23 heavy (non-hydrogen) atoms. The van der Waals surface area contributed by atoms with Crippen molar-refractivity contribution in [2.24, 2.45) is 11.8 Å². The molecule has 0 N–H and O–H groups in total. The van der Waals surface area contributed by atoms with E-state index in [0.717, 1.165) is 19.3 Å². The van der Waals surface area contributed by atoms with E-state index in [9.17, 15) is 9.59 Å². The van der Waals surface area contributed by atoms with Crippen molar-refractivity contribution in [2.75, 3.05) is 0 Å². The molecule has 4 aliphatic rings. The minimum absolute atomic E-state index is 0.0511. The van der Waals surface area contributed by atoms with Gasteiger partial charge in [-0.3, -0.25) is 0 Å². The smallest absolute Gasteiger partial charge is 0.338 e. The molecule has 0 bridgehead atoms. The predicted octanol–water partition coefficient (Wildman–Crippen LogP) is 2.78. The Balaban J connectivity index is 1.52. The topological polar surface area (TPSA) is 61.8 Å². The molecular weight excluding hydrogens is 296 g/mol. The molecule has 5 nitrogen and oxygen atoms in total. The molecular formula is C18H20O5. The van der Waals surface area contributed by atoms with E-state index in [2.05, 4.69) is 6.92 Å². The Labute approximate surface area is 135 Å². The van der Waals surface area contributed by atoms with Crippen LogP contribution in [0, 0.1) is 11.8 Å². The van der Waals surface area contributed by atoms with Crippen LogP contribution >= 0.6 is 0 Å². The van der Waals surface area contributed by atoms with Crippen LogP contribution in [0.25, 0.3) is 0 Å². The maximum atomic E-state index is 12.2. The van der Waals surface area contributed by atoms with Gasteiger partial charge in [-0.2, -0.15) is 0 Å². The van der Waals surface area contributed by atoms with Gasteiger partial charge in [0.05, 0.1) is 11.8 Å². The van der Waals surface area contributed by atoms with Crippen molar-refractivity contribution in [3.63, 3.8) is 0 Å². The van der Waals surface area contributed by atoms with Gasteiger partial charge in [-0.25, -0.2) is 9.59 Å². The van der Waals surface area contributed by atoms with Crippen LogP contribution in [0.5, 0.6) is 0 Å². The number of carbonyl (C=O) groups is 2. The highest BCUT2D eigenvalue weighted by atomic mass is 16.7. The van der Waals surface area contributed by atoms with E-state index in [1.54, 1.807) is 13.0 Å². The lowest BCUT2D eigenvalue weighted by atomic mass is 9.84. The van der Waals surface area contributed by atoms with E-state index in [1.807, 2.05) is 0 Å². The number of carbonyl (C=O) groups excluding carboxylic acids is 2. The monoisotopic (exact) mass is 316 g/mol. The summed E-state index contributed by atoms with van der Waals surface area (Å²) in [5, 5.41) is 0. The molecule has 1 saturated heterocycles. The normalized spacial score (nSPS) is 37.5. The lowest BCUT2D eigenvalue weighted by molar-refractivity contribution is -0.152. The summed E-state index contributed by atoms with van der Waals surface area (Å²) in [4.78, 5) is 23.5. The standard InChI is InChI=1S/C18H20O5/c1-9-4-3-5-11-7-12-13(18(20)23-16(12)15(9)11)8-21-14-6-10(2)17(19)22-14/h6,8-9,12,14,16H,3-5,7H2,1-2H3/b13-8+/t9-,12-,14-,16+/m1/s1. The van der Waals surface area contributed by atoms with E-state index in [-0.39, 0.29) is 24.0 Å². The second-order valence-corrected chi connectivity index (χ2v) is 6.82. The average molecular weight is 316 g/mol. The van der Waals surface area contributed by atoms with Gasteiger partial charge in [0, 0.05) is 17.6 Å². The zero-order valence-corrected chi connectivity index (χ0v) is 13.3. The fraction of sp³-hybridized carbons (Fsp3) is 0.556. The van der Waals surface area contributed by atoms with Gasteiger partial charge >= 0.3 is 11.9 Å². The maximum absolute atomic E-state index is 12.2. The second kappa shape index (κ2) is 5.25. The summed E-state index contributed by atoms with van der Waals surface area (Å²) in [5.74, 6) is -0.153. The molecule has 0 aromatic heterocycles. The number of hydrogen-bond acceptors (Lipinski definition) is 5. The Morgan fingerprint density at radius 1 is 1.26 bits per heavy atom. The summed E-state index contributed by atoms with van der Waals surface area (Å²) in [6, 6.07) is 0. The molecule has 2 heterocycles. The van der Waals surface area contributed by atoms with Gasteiger partial charge in [-0.1, -0.05) is 12.5 Å². The maximum Gasteiger partial charge on any atom is 0.338 e. The van der Waals surface area contributed by atoms with Gasteiger partial charge in [0.25, 0.3) is 6.29 Å². The van der Waals surface area contributed by atoms with Crippen LogP contribution in [0.3, 0.4) is 0 Å². The molecule has 0 unspecified atom stereocenters. The van der Waals surface area contributed by atoms with Crippen molar-refractivity contribution in [3.05, 3.63) is 34.6 Å². The highest BCUT2D eigenvalue weighted by molar-refractivity contribution is 5.92. The third kappa shape index (κ3) is 2.30. The van der Waals surface area contributed by atoms with Crippen LogP contribution in [0.4, 0.5) is 0 Å². The lowest BCUT2D eigenvalue weighted by Gasteiger charge is -2.24. The number of fused-ring (bicyclic) bond motifs is 2. The van der Waals surface area contributed by atoms with Gasteiger partial charge in [0.1, 0.15) is 6.10 Å². The van der Waals surface area contributed by atoms with Crippen molar-refractivity contribution < 1.29 is 23.8 Å². The first-order valence-corrected chi connectivity index (χ1v) is 8.22. The molecule has 2 aliphatic heterocycles. The van der Waals surface area contributed by atoms with E-state index < -0.39 is 6.29 Å². The van der Waals surface area contributed by atoms with E-state index in [4.69, 9.17) is 14.2 Å². The first kappa shape index (κ1) is 14.5. The highest BCUT2D eigenvalue weighted by Gasteiger charge is 2.49. The summed E-state index contributed by atoms with van der Waals surface area (Å²) in [5.41, 5.74) is 3.87. The molecule has 122 valence electrons. The van der Waals surface area contributed by atoms with Crippen molar-refractivity contribution in [1.82, 2.24) is 0 Å². The fourth-order valence-electron chi connectivity index (χ4n) is 4.16. The Hall–Kier alpha value is -2.04. The average Bonchev–Trinajstić information content (AvgIpc) is 3.10. The fourth-order valence-corrected chi connectivity index (χ4v) is 4.16. The zero-order valence-electron chi connectivity index (χ0n) is 13.3. The minimum Gasteiger partial charge on any atom is -0.458 e. The van der Waals surface area contributed by atoms with E-state index in [0.29, 0.717) is 17.1 Å². The van der Waals surface area contributed by atoms with Gasteiger partial charge < -0.3 is 14.2 Å². The van der Waals surface area contributed by atoms with Crippen molar-refractivity contribution >= 4 is 11.9 Å². The largest absolute Gasteiger partial charge is 0.458 e. The van der Waals surface area contributed by atoms with Crippen LogP contribution in [0.2, 0.25) is 0 Å². The van der Waals surface area contributed by atoms with Crippen LogP contribution < -0.4 is 0 Å². The number of esters is 2. The number of ether oxygens (including phenoxy) is 3. The molecule has 0 saturated carbocycles. The van der Waals surface area contributed by atoms with Gasteiger partial charge in [-0.15, -0.1) is 0 Å². The minimum atomic E-state index is -0.746. The Morgan fingerprint density at radius 3 is 2.83 bits per heavy atom. The predicted molar refractivity (Wildman–Crippen MR) is 80.8 cm³/mol. The third-order valence-corrected chi connectivity index (χ3v) is 5.32. The summed E-state index contributed by atoms with van der Waals surface area (Å²) in [7, 11) is 0. The first-order valence-electron chi connectivity index (χ1n) is 8.22. The molecule has 0 amide bonds. The molecule has 0 spiro atoms. The number of cyclic esters (lactones) is 1. The highest BCUT2D eigenvalue weighted by Crippen LogP contribution is 2.50. The summed E-state index contributed by atoms with van der Waals surface area (Å²) in [6.45, 7) is 3.89. The number of hydrogen-bond donors (Lipinski definition) is 0. The SMILES string of the molecule is CC1=C[C@H](O/C=C2/C(=O)O[C@@H]3C4=C(CCC[C@H]4C)C[C@H]23)OC1=O. The van der Waals surface area contributed by atoms with E-state index in [1.165, 1.54) is 23.8 Å². The Morgan fingerprint density at radius 2 is 2.09 bits per heavy atom. The molecule has 0 radical (unpaired) electrons. The molecule has 0 aromatic rings. The zero-order chi connectivity index (χ0) is 16.1. The van der Waals surface area contributed by atoms with Gasteiger partial charge in [-0.05, 0) is 44.1 Å². The van der Waals surface area contributed by atoms with Gasteiger partial charge in [0.15, 0.2) is 0 Å². The van der Waals surface area contributed by atoms with E-state index >= 15 is 0 Å². The first-order chi connectivity index (χ1) is 11.0. The summed E-state index contributed by atoms with van der Waals surface area (Å²) < 4.78 is 16.1. The van der Waals surface area contributed by atoms with Crippen molar-refractivity contribution in [3.8, 4) is 0 Å². The molecule has 4 atom stereocenters. The van der Waals surface area contributed by atoms with Crippen LogP contribution in [0.15, 0.2) is 34.6 Å². The Bertz CT molecular complexity index is 669. The summed E-state index contributed by atoms with van der Waals surface area (Å²) in [6.07, 6.45) is 6.55. The van der Waals surface area contributed by atoms with Gasteiger partial charge in [0.2, 0.25) is 0 Å². The molecule has 2 aliphatic carbocycles. The van der Waals surface area contributed by atoms with Crippen molar-refractivity contribution in [1.29, 1.82) is 0 Å².